The first-order chi connectivity index (χ1) is 10.7. The third-order valence-electron chi connectivity index (χ3n) is 4.17. The van der Waals surface area contributed by atoms with Crippen LogP contribution in [0.15, 0.2) is 35.3 Å². The van der Waals surface area contributed by atoms with Crippen molar-refractivity contribution in [1.29, 1.82) is 0 Å². The van der Waals surface area contributed by atoms with Gasteiger partial charge in [0.25, 0.3) is 0 Å². The van der Waals surface area contributed by atoms with Crippen molar-refractivity contribution in [2.24, 2.45) is 16.8 Å². The second-order valence-electron chi connectivity index (χ2n) is 5.72. The van der Waals surface area contributed by atoms with Gasteiger partial charge in [0.15, 0.2) is 5.96 Å². The van der Waals surface area contributed by atoms with Crippen LogP contribution in [0.25, 0.3) is 0 Å². The van der Waals surface area contributed by atoms with Gasteiger partial charge in [-0.2, -0.15) is 0 Å². The molecule has 2 unspecified atom stereocenters. The van der Waals surface area contributed by atoms with E-state index in [4.69, 9.17) is 4.74 Å². The molecule has 0 radical (unpaired) electrons. The number of carbonyl (C=O) groups is 1. The van der Waals surface area contributed by atoms with Gasteiger partial charge in [0.1, 0.15) is 0 Å². The molecule has 2 atom stereocenters. The monoisotopic (exact) mass is 431 g/mol. The van der Waals surface area contributed by atoms with Crippen molar-refractivity contribution in [2.75, 3.05) is 33.8 Å². The Morgan fingerprint density at radius 1 is 1.35 bits per heavy atom. The third-order valence-corrected chi connectivity index (χ3v) is 4.17. The van der Waals surface area contributed by atoms with E-state index in [1.54, 1.807) is 7.05 Å². The molecule has 6 heteroatoms. The van der Waals surface area contributed by atoms with Crippen LogP contribution in [0.3, 0.4) is 0 Å². The highest BCUT2D eigenvalue weighted by Crippen LogP contribution is 2.23. The quantitative estimate of drug-likeness (QED) is 0.344. The van der Waals surface area contributed by atoms with Gasteiger partial charge in [-0.05, 0) is 17.9 Å². The number of aliphatic imine (C=N–C) groups is 1. The SMILES string of the molecule is CN=C(NCCc1ccccc1)N1CC(C)C(C(=O)OC)C1.I. The number of carbonyl (C=O) groups excluding carboxylic acids is 1. The molecular formula is C17H26IN3O2. The summed E-state index contributed by atoms with van der Waals surface area (Å²) < 4.78 is 4.88. The number of likely N-dealkylation sites (tertiary alicyclic amines) is 1. The molecule has 1 aromatic rings. The van der Waals surface area contributed by atoms with Gasteiger partial charge >= 0.3 is 5.97 Å². The highest BCUT2D eigenvalue weighted by molar-refractivity contribution is 14.0. The van der Waals surface area contributed by atoms with Crippen molar-refractivity contribution in [2.45, 2.75) is 13.3 Å². The fraction of sp³-hybridized carbons (Fsp3) is 0.529. The normalized spacial score (nSPS) is 20.8. The lowest BCUT2D eigenvalue weighted by Crippen LogP contribution is -2.41. The van der Waals surface area contributed by atoms with Crippen molar-refractivity contribution in [3.05, 3.63) is 35.9 Å². The molecule has 5 nitrogen and oxygen atoms in total. The number of rotatable bonds is 4. The Kier molecular flexibility index (Phi) is 8.36. The lowest BCUT2D eigenvalue weighted by Gasteiger charge is -2.21. The zero-order valence-electron chi connectivity index (χ0n) is 14.0. The van der Waals surface area contributed by atoms with Crippen molar-refractivity contribution >= 4 is 35.9 Å². The topological polar surface area (TPSA) is 53.9 Å². The fourth-order valence-electron chi connectivity index (χ4n) is 2.89. The van der Waals surface area contributed by atoms with E-state index in [1.807, 2.05) is 18.2 Å². The van der Waals surface area contributed by atoms with E-state index in [0.717, 1.165) is 25.5 Å². The molecule has 1 heterocycles. The number of methoxy groups -OCH3 is 1. The van der Waals surface area contributed by atoms with E-state index in [0.29, 0.717) is 6.54 Å². The summed E-state index contributed by atoms with van der Waals surface area (Å²) in [6.07, 6.45) is 0.948. The predicted octanol–water partition coefficient (Wildman–Crippen LogP) is 2.16. The van der Waals surface area contributed by atoms with Crippen LogP contribution in [0.4, 0.5) is 0 Å². The van der Waals surface area contributed by atoms with Gasteiger partial charge in [0.2, 0.25) is 0 Å². The summed E-state index contributed by atoms with van der Waals surface area (Å²) in [7, 11) is 3.23. The summed E-state index contributed by atoms with van der Waals surface area (Å²) >= 11 is 0. The van der Waals surface area contributed by atoms with E-state index >= 15 is 0 Å². The van der Waals surface area contributed by atoms with Gasteiger partial charge < -0.3 is 15.0 Å². The number of benzene rings is 1. The summed E-state index contributed by atoms with van der Waals surface area (Å²) in [6, 6.07) is 10.4. The molecule has 1 aliphatic heterocycles. The first-order valence-electron chi connectivity index (χ1n) is 7.73. The maximum Gasteiger partial charge on any atom is 0.310 e. The molecule has 23 heavy (non-hydrogen) atoms. The molecule has 1 aromatic carbocycles. The zero-order valence-corrected chi connectivity index (χ0v) is 16.3. The molecule has 2 rings (SSSR count). The molecule has 1 aliphatic rings. The fourth-order valence-corrected chi connectivity index (χ4v) is 2.89. The summed E-state index contributed by atoms with van der Waals surface area (Å²) in [5.41, 5.74) is 1.30. The Morgan fingerprint density at radius 3 is 2.65 bits per heavy atom. The first kappa shape index (κ1) is 19.7. The van der Waals surface area contributed by atoms with E-state index in [9.17, 15) is 4.79 Å². The number of guanidine groups is 1. The van der Waals surface area contributed by atoms with Crippen molar-refractivity contribution in [3.8, 4) is 0 Å². The number of halogens is 1. The Balaban J connectivity index is 0.00000264. The number of esters is 1. The molecule has 0 amide bonds. The van der Waals surface area contributed by atoms with E-state index in [-0.39, 0.29) is 41.8 Å². The van der Waals surface area contributed by atoms with Crippen LogP contribution in [-0.4, -0.2) is 50.6 Å². The number of nitrogens with one attached hydrogen (secondary N) is 1. The lowest BCUT2D eigenvalue weighted by molar-refractivity contribution is -0.145. The van der Waals surface area contributed by atoms with E-state index < -0.39 is 0 Å². The second-order valence-corrected chi connectivity index (χ2v) is 5.72. The van der Waals surface area contributed by atoms with Crippen molar-refractivity contribution in [1.82, 2.24) is 10.2 Å². The largest absolute Gasteiger partial charge is 0.469 e. The average Bonchev–Trinajstić information content (AvgIpc) is 2.93. The number of hydrogen-bond acceptors (Lipinski definition) is 3. The minimum absolute atomic E-state index is 0. The van der Waals surface area contributed by atoms with Crippen molar-refractivity contribution < 1.29 is 9.53 Å². The van der Waals surface area contributed by atoms with Crippen LogP contribution < -0.4 is 5.32 Å². The zero-order chi connectivity index (χ0) is 15.9. The summed E-state index contributed by atoms with van der Waals surface area (Å²) in [5, 5.41) is 3.38. The molecule has 128 valence electrons. The summed E-state index contributed by atoms with van der Waals surface area (Å²) in [5.74, 6) is 0.932. The molecule has 0 saturated carbocycles. The number of hydrogen-bond donors (Lipinski definition) is 1. The van der Waals surface area contributed by atoms with E-state index in [1.165, 1.54) is 12.7 Å². The van der Waals surface area contributed by atoms with Crippen LogP contribution in [0.5, 0.6) is 0 Å². The van der Waals surface area contributed by atoms with Gasteiger partial charge in [-0.25, -0.2) is 0 Å². The Morgan fingerprint density at radius 2 is 2.04 bits per heavy atom. The molecule has 1 N–H and O–H groups in total. The number of nitrogens with zero attached hydrogens (tertiary/aromatic N) is 2. The molecule has 0 spiro atoms. The molecule has 0 bridgehead atoms. The minimum Gasteiger partial charge on any atom is -0.469 e. The molecule has 0 aromatic heterocycles. The highest BCUT2D eigenvalue weighted by atomic mass is 127. The molecule has 1 saturated heterocycles. The Bertz CT molecular complexity index is 522. The second kappa shape index (κ2) is 9.75. The molecule has 1 fully saturated rings. The third kappa shape index (κ3) is 5.37. The van der Waals surface area contributed by atoms with Gasteiger partial charge in [-0.3, -0.25) is 9.79 Å². The summed E-state index contributed by atoms with van der Waals surface area (Å²) in [4.78, 5) is 18.2. The smallest absolute Gasteiger partial charge is 0.310 e. The maximum atomic E-state index is 11.8. The summed E-state index contributed by atoms with van der Waals surface area (Å²) in [6.45, 7) is 4.40. The van der Waals surface area contributed by atoms with Gasteiger partial charge in [-0.1, -0.05) is 37.3 Å². The van der Waals surface area contributed by atoms with Crippen LogP contribution in [0.1, 0.15) is 12.5 Å². The van der Waals surface area contributed by atoms with Crippen LogP contribution in [0.2, 0.25) is 0 Å². The molecular weight excluding hydrogens is 405 g/mol. The predicted molar refractivity (Wildman–Crippen MR) is 103 cm³/mol. The number of ether oxygens (including phenoxy) is 1. The maximum absolute atomic E-state index is 11.8. The van der Waals surface area contributed by atoms with Crippen LogP contribution >= 0.6 is 24.0 Å². The Labute approximate surface area is 155 Å². The van der Waals surface area contributed by atoms with Gasteiger partial charge in [0.05, 0.1) is 13.0 Å². The first-order valence-corrected chi connectivity index (χ1v) is 7.73. The van der Waals surface area contributed by atoms with Crippen molar-refractivity contribution in [3.63, 3.8) is 0 Å². The standard InChI is InChI=1S/C17H25N3O2.HI/c1-13-11-20(12-15(13)16(21)22-3)17(18-2)19-10-9-14-7-5-4-6-8-14;/h4-8,13,15H,9-12H2,1-3H3,(H,18,19);1H. The molecule has 0 aliphatic carbocycles. The average molecular weight is 431 g/mol. The van der Waals surface area contributed by atoms with Gasteiger partial charge in [0, 0.05) is 26.7 Å². The van der Waals surface area contributed by atoms with Gasteiger partial charge in [-0.15, -0.1) is 24.0 Å². The van der Waals surface area contributed by atoms with Crippen LogP contribution in [0, 0.1) is 11.8 Å². The highest BCUT2D eigenvalue weighted by Gasteiger charge is 2.36. The minimum atomic E-state index is -0.130. The lowest BCUT2D eigenvalue weighted by atomic mass is 9.99. The van der Waals surface area contributed by atoms with Crippen LogP contribution in [-0.2, 0) is 16.0 Å². The van der Waals surface area contributed by atoms with E-state index in [2.05, 4.69) is 34.3 Å². The Hall–Kier alpha value is -1.31.